The number of aromatic carboxylic acids is 1. The second kappa shape index (κ2) is 4.44. The van der Waals surface area contributed by atoms with Crippen molar-refractivity contribution in [1.29, 1.82) is 0 Å². The zero-order valence-corrected chi connectivity index (χ0v) is 10.1. The van der Waals surface area contributed by atoms with E-state index in [2.05, 4.69) is 15.1 Å². The van der Waals surface area contributed by atoms with Crippen LogP contribution in [0.4, 0.5) is 5.69 Å². The van der Waals surface area contributed by atoms with Crippen molar-refractivity contribution in [3.05, 3.63) is 39.5 Å². The molecule has 2 aromatic rings. The highest BCUT2D eigenvalue weighted by Crippen LogP contribution is 2.18. The Morgan fingerprint density at radius 3 is 2.37 bits per heavy atom. The van der Waals surface area contributed by atoms with Gasteiger partial charge in [0.05, 0.1) is 4.92 Å². The van der Waals surface area contributed by atoms with Gasteiger partial charge in [-0.1, -0.05) is 0 Å². The maximum Gasteiger partial charge on any atom is 0.363 e. The minimum atomic E-state index is -1.48. The quantitative estimate of drug-likeness (QED) is 0.643. The van der Waals surface area contributed by atoms with Crippen LogP contribution in [-0.4, -0.2) is 35.7 Å². The summed E-state index contributed by atoms with van der Waals surface area (Å²) in [5.74, 6) is -1.39. The molecule has 2 rings (SSSR count). The van der Waals surface area contributed by atoms with E-state index in [9.17, 15) is 14.9 Å². The van der Waals surface area contributed by atoms with Crippen LogP contribution in [0.5, 0.6) is 0 Å². The highest BCUT2D eigenvalue weighted by Gasteiger charge is 2.26. The number of carboxylic acid groups (broad SMARTS) is 1. The van der Waals surface area contributed by atoms with Crippen molar-refractivity contribution < 1.29 is 14.8 Å². The van der Waals surface area contributed by atoms with E-state index in [4.69, 9.17) is 5.11 Å². The predicted octanol–water partition coefficient (Wildman–Crippen LogP) is 0.886. The molecule has 0 aromatic carbocycles. The van der Waals surface area contributed by atoms with Crippen LogP contribution in [0.2, 0.25) is 0 Å². The molecule has 0 radical (unpaired) electrons. The molecule has 9 heteroatoms. The molecule has 0 aliphatic heterocycles. The number of hydrogen-bond donors (Lipinski definition) is 1. The van der Waals surface area contributed by atoms with Crippen molar-refractivity contribution in [3.63, 3.8) is 0 Å². The Labute approximate surface area is 106 Å². The van der Waals surface area contributed by atoms with E-state index in [0.717, 1.165) is 10.9 Å². The summed E-state index contributed by atoms with van der Waals surface area (Å²) < 4.78 is 0.988. The molecule has 0 unspecified atom stereocenters. The van der Waals surface area contributed by atoms with Crippen LogP contribution in [0.15, 0.2) is 12.3 Å². The first kappa shape index (κ1) is 12.6. The fourth-order valence-electron chi connectivity index (χ4n) is 1.56. The van der Waals surface area contributed by atoms with E-state index >= 15 is 0 Å². The maximum atomic E-state index is 10.9. The van der Waals surface area contributed by atoms with Crippen LogP contribution in [0.3, 0.4) is 0 Å². The summed E-state index contributed by atoms with van der Waals surface area (Å²) in [7, 11) is 0. The van der Waals surface area contributed by atoms with Crippen molar-refractivity contribution >= 4 is 11.7 Å². The van der Waals surface area contributed by atoms with Gasteiger partial charge in [-0.15, -0.1) is 0 Å². The first-order chi connectivity index (χ1) is 8.88. The van der Waals surface area contributed by atoms with Crippen molar-refractivity contribution in [2.24, 2.45) is 0 Å². The highest BCUT2D eigenvalue weighted by atomic mass is 16.6. The van der Waals surface area contributed by atoms with Gasteiger partial charge in [0.1, 0.15) is 6.20 Å². The van der Waals surface area contributed by atoms with E-state index in [1.54, 1.807) is 19.9 Å². The molecule has 0 bridgehead atoms. The van der Waals surface area contributed by atoms with E-state index in [0.29, 0.717) is 11.4 Å². The number of hydrogen-bond acceptors (Lipinski definition) is 6. The van der Waals surface area contributed by atoms with Gasteiger partial charge in [-0.05, 0) is 19.9 Å². The van der Waals surface area contributed by atoms with Crippen LogP contribution in [0, 0.1) is 24.0 Å². The van der Waals surface area contributed by atoms with Crippen molar-refractivity contribution in [2.45, 2.75) is 13.8 Å². The molecule has 98 valence electrons. The van der Waals surface area contributed by atoms with Gasteiger partial charge in [-0.3, -0.25) is 10.1 Å². The number of aryl methyl sites for hydroxylation is 2. The van der Waals surface area contributed by atoms with Crippen molar-refractivity contribution in [2.75, 3.05) is 0 Å². The normalized spacial score (nSPS) is 10.4. The number of rotatable bonds is 3. The highest BCUT2D eigenvalue weighted by molar-refractivity contribution is 5.89. The average Bonchev–Trinajstić information content (AvgIpc) is 2.72. The third kappa shape index (κ3) is 2.39. The molecule has 0 aliphatic rings. The Hall–Kier alpha value is -2.84. The number of carbonyl (C=O) groups is 1. The zero-order valence-electron chi connectivity index (χ0n) is 10.1. The molecule has 0 amide bonds. The van der Waals surface area contributed by atoms with Crippen LogP contribution in [-0.2, 0) is 0 Å². The zero-order chi connectivity index (χ0) is 14.2. The summed E-state index contributed by atoms with van der Waals surface area (Å²) in [5.41, 5.74) is 0.0538. The van der Waals surface area contributed by atoms with Crippen molar-refractivity contribution in [1.82, 2.24) is 19.7 Å². The smallest absolute Gasteiger partial charge is 0.363 e. The maximum absolute atomic E-state index is 10.9. The van der Waals surface area contributed by atoms with E-state index < -0.39 is 22.3 Å². The lowest BCUT2D eigenvalue weighted by Gasteiger charge is -2.01. The number of nitrogens with zero attached hydrogens (tertiary/aromatic N) is 5. The fourth-order valence-corrected chi connectivity index (χ4v) is 1.56. The largest absolute Gasteiger partial charge is 0.476 e. The lowest BCUT2D eigenvalue weighted by Crippen LogP contribution is -2.06. The molecular weight excluding hydrogens is 254 g/mol. The minimum absolute atomic E-state index is 0.0908. The van der Waals surface area contributed by atoms with Crippen LogP contribution < -0.4 is 0 Å². The fraction of sp³-hybridized carbons (Fsp3) is 0.200. The Balaban J connectivity index is 2.60. The van der Waals surface area contributed by atoms with E-state index in [1.165, 1.54) is 0 Å². The Morgan fingerprint density at radius 2 is 1.95 bits per heavy atom. The van der Waals surface area contributed by atoms with Crippen LogP contribution in [0.25, 0.3) is 5.95 Å². The molecule has 0 spiro atoms. The third-order valence-electron chi connectivity index (χ3n) is 2.27. The molecule has 2 heterocycles. The van der Waals surface area contributed by atoms with Gasteiger partial charge in [0, 0.05) is 11.4 Å². The summed E-state index contributed by atoms with van der Waals surface area (Å²) in [5, 5.41) is 23.2. The van der Waals surface area contributed by atoms with Gasteiger partial charge >= 0.3 is 11.7 Å². The van der Waals surface area contributed by atoms with Crippen molar-refractivity contribution in [3.8, 4) is 5.95 Å². The average molecular weight is 263 g/mol. The first-order valence-electron chi connectivity index (χ1n) is 5.18. The molecule has 0 saturated carbocycles. The molecule has 0 atom stereocenters. The Morgan fingerprint density at radius 1 is 1.37 bits per heavy atom. The third-order valence-corrected chi connectivity index (χ3v) is 2.27. The second-order valence-corrected chi connectivity index (χ2v) is 3.82. The summed E-state index contributed by atoms with van der Waals surface area (Å²) in [4.78, 5) is 28.9. The molecule has 0 aliphatic carbocycles. The van der Waals surface area contributed by atoms with Gasteiger partial charge in [0.15, 0.2) is 0 Å². The molecule has 1 N–H and O–H groups in total. The topological polar surface area (TPSA) is 124 Å². The summed E-state index contributed by atoms with van der Waals surface area (Å²) in [6.45, 7) is 3.46. The number of carboxylic acids is 1. The van der Waals surface area contributed by atoms with Gasteiger partial charge in [0.25, 0.3) is 5.95 Å². The first-order valence-corrected chi connectivity index (χ1v) is 5.18. The lowest BCUT2D eigenvalue weighted by molar-refractivity contribution is -0.385. The molecule has 2 aromatic heterocycles. The summed E-state index contributed by atoms with van der Waals surface area (Å²) in [6, 6.07) is 1.72. The minimum Gasteiger partial charge on any atom is -0.476 e. The predicted molar refractivity (Wildman–Crippen MR) is 62.2 cm³/mol. The summed E-state index contributed by atoms with van der Waals surface area (Å²) >= 11 is 0. The lowest BCUT2D eigenvalue weighted by atomic mass is 10.4. The van der Waals surface area contributed by atoms with E-state index in [1.807, 2.05) is 0 Å². The van der Waals surface area contributed by atoms with E-state index in [-0.39, 0.29) is 5.95 Å². The molecule has 0 saturated heterocycles. The standard InChI is InChI=1S/C10H9N5O4/c1-5-3-6(2)12-10(11-5)14-4-7(15(18)19)8(13-14)9(16)17/h3-4H,1-2H3,(H,16,17). The Kier molecular flexibility index (Phi) is 2.95. The summed E-state index contributed by atoms with van der Waals surface area (Å²) in [6.07, 6.45) is 0.984. The van der Waals surface area contributed by atoms with Crippen LogP contribution in [0.1, 0.15) is 21.9 Å². The molecule has 0 fully saturated rings. The molecular formula is C10H9N5O4. The van der Waals surface area contributed by atoms with Gasteiger partial charge < -0.3 is 5.11 Å². The van der Waals surface area contributed by atoms with Gasteiger partial charge in [-0.25, -0.2) is 14.8 Å². The van der Waals surface area contributed by atoms with Gasteiger partial charge in [-0.2, -0.15) is 9.78 Å². The SMILES string of the molecule is Cc1cc(C)nc(-n2cc([N+](=O)[O-])c(C(=O)O)n2)n1. The number of aromatic nitrogens is 4. The second-order valence-electron chi connectivity index (χ2n) is 3.82. The monoisotopic (exact) mass is 263 g/mol. The van der Waals surface area contributed by atoms with Gasteiger partial charge in [0.2, 0.25) is 5.69 Å². The molecule has 19 heavy (non-hydrogen) atoms. The molecule has 9 nitrogen and oxygen atoms in total. The number of nitro groups is 1. The Bertz CT molecular complexity index is 627. The van der Waals surface area contributed by atoms with Crippen LogP contribution >= 0.6 is 0 Å².